The van der Waals surface area contributed by atoms with E-state index in [1.165, 1.54) is 20.5 Å². The van der Waals surface area contributed by atoms with Crippen LogP contribution in [0.4, 0.5) is 0 Å². The van der Waals surface area contributed by atoms with Crippen molar-refractivity contribution in [1.29, 1.82) is 0 Å². The minimum absolute atomic E-state index is 0.160. The maximum atomic E-state index is 10.8. The van der Waals surface area contributed by atoms with Crippen molar-refractivity contribution in [3.05, 3.63) is 12.5 Å². The van der Waals surface area contributed by atoms with E-state index in [4.69, 9.17) is 4.74 Å². The van der Waals surface area contributed by atoms with Crippen LogP contribution in [0.25, 0.3) is 0 Å². The van der Waals surface area contributed by atoms with E-state index in [-0.39, 0.29) is 12.5 Å². The number of carbonyl (C=O) groups excluding carboxylic acids is 1. The number of aromatic nitrogens is 2. The first-order valence-corrected chi connectivity index (χ1v) is 3.39. The molecule has 0 bridgehead atoms. The second-order valence-corrected chi connectivity index (χ2v) is 2.16. The third-order valence-corrected chi connectivity index (χ3v) is 1.36. The Morgan fingerprint density at radius 1 is 1.67 bits per heavy atom. The summed E-state index contributed by atoms with van der Waals surface area (Å²) < 4.78 is 10.9. The molecule has 0 fully saturated rings. The van der Waals surface area contributed by atoms with Gasteiger partial charge in [0.25, 0.3) is 0 Å². The van der Waals surface area contributed by atoms with Crippen LogP contribution >= 0.6 is 0 Å². The number of carbonyl (C=O) groups is 1. The van der Waals surface area contributed by atoms with Crippen molar-refractivity contribution in [2.24, 2.45) is 0 Å². The number of esters is 1. The van der Waals surface area contributed by atoms with Gasteiger partial charge in [0.2, 0.25) is 5.88 Å². The van der Waals surface area contributed by atoms with Crippen LogP contribution in [0.2, 0.25) is 0 Å². The molecule has 0 aliphatic heterocycles. The molecule has 0 N–H and O–H groups in total. The van der Waals surface area contributed by atoms with E-state index >= 15 is 0 Å². The maximum Gasteiger partial charge on any atom is 0.325 e. The Bertz CT molecular complexity index is 269. The van der Waals surface area contributed by atoms with Gasteiger partial charge in [-0.1, -0.05) is 0 Å². The highest BCUT2D eigenvalue weighted by Crippen LogP contribution is 2.03. The molecule has 5 nitrogen and oxygen atoms in total. The fourth-order valence-corrected chi connectivity index (χ4v) is 0.745. The van der Waals surface area contributed by atoms with E-state index < -0.39 is 0 Å². The topological polar surface area (TPSA) is 53.4 Å². The summed E-state index contributed by atoms with van der Waals surface area (Å²) in [6.07, 6.45) is 3.13. The van der Waals surface area contributed by atoms with Crippen LogP contribution in [0.1, 0.15) is 0 Å². The Morgan fingerprint density at radius 3 is 2.92 bits per heavy atom. The number of hydrogen-bond acceptors (Lipinski definition) is 4. The Balaban J connectivity index is 2.58. The fraction of sp³-hybridized carbons (Fsp3) is 0.429. The van der Waals surface area contributed by atoms with Crippen molar-refractivity contribution in [2.45, 2.75) is 6.54 Å². The number of rotatable bonds is 3. The summed E-state index contributed by atoms with van der Waals surface area (Å²) in [6.45, 7) is 0.160. The van der Waals surface area contributed by atoms with Gasteiger partial charge in [0, 0.05) is 0 Å². The highest BCUT2D eigenvalue weighted by Gasteiger charge is 2.02. The van der Waals surface area contributed by atoms with Gasteiger partial charge in [0.05, 0.1) is 26.7 Å². The quantitative estimate of drug-likeness (QED) is 0.602. The van der Waals surface area contributed by atoms with Gasteiger partial charge >= 0.3 is 5.97 Å². The molecule has 0 saturated carbocycles. The molecule has 5 heteroatoms. The van der Waals surface area contributed by atoms with Gasteiger partial charge < -0.3 is 14.0 Å². The van der Waals surface area contributed by atoms with E-state index in [1.54, 1.807) is 10.8 Å². The van der Waals surface area contributed by atoms with Crippen molar-refractivity contribution in [2.75, 3.05) is 14.2 Å². The van der Waals surface area contributed by atoms with Gasteiger partial charge in [0.15, 0.2) is 0 Å². The average molecular weight is 170 g/mol. The summed E-state index contributed by atoms with van der Waals surface area (Å²) >= 11 is 0. The van der Waals surface area contributed by atoms with Gasteiger partial charge in [-0.3, -0.25) is 4.79 Å². The van der Waals surface area contributed by atoms with Crippen molar-refractivity contribution in [1.82, 2.24) is 9.55 Å². The van der Waals surface area contributed by atoms with Crippen LogP contribution in [-0.2, 0) is 16.1 Å². The van der Waals surface area contributed by atoms with E-state index in [9.17, 15) is 4.79 Å². The zero-order chi connectivity index (χ0) is 8.97. The Labute approximate surface area is 69.9 Å². The van der Waals surface area contributed by atoms with Crippen LogP contribution in [0.15, 0.2) is 12.5 Å². The van der Waals surface area contributed by atoms with Crippen LogP contribution in [0.5, 0.6) is 5.88 Å². The third kappa shape index (κ3) is 1.98. The fourth-order valence-electron chi connectivity index (χ4n) is 0.745. The zero-order valence-electron chi connectivity index (χ0n) is 6.98. The second kappa shape index (κ2) is 3.75. The molecule has 0 amide bonds. The normalized spacial score (nSPS) is 9.50. The molecule has 0 unspecified atom stereocenters. The zero-order valence-corrected chi connectivity index (χ0v) is 6.98. The Hall–Kier alpha value is -1.52. The molecule has 1 rings (SSSR count). The standard InChI is InChI=1S/C7H10N2O3/c1-11-6-3-9(5-8-6)4-7(10)12-2/h3,5H,4H2,1-2H3. The molecule has 1 aromatic heterocycles. The van der Waals surface area contributed by atoms with E-state index in [2.05, 4.69) is 9.72 Å². The van der Waals surface area contributed by atoms with Crippen LogP contribution in [0, 0.1) is 0 Å². The second-order valence-electron chi connectivity index (χ2n) is 2.16. The van der Waals surface area contributed by atoms with Gasteiger partial charge in [0.1, 0.15) is 6.54 Å². The molecule has 0 saturated heterocycles. The SMILES string of the molecule is COC(=O)Cn1cnc(OC)c1. The van der Waals surface area contributed by atoms with E-state index in [0.717, 1.165) is 0 Å². The molecule has 0 spiro atoms. The van der Waals surface area contributed by atoms with Crippen molar-refractivity contribution in [3.8, 4) is 5.88 Å². The number of imidazole rings is 1. The lowest BCUT2D eigenvalue weighted by Gasteiger charge is -1.97. The third-order valence-electron chi connectivity index (χ3n) is 1.36. The minimum atomic E-state index is -0.310. The lowest BCUT2D eigenvalue weighted by molar-refractivity contribution is -0.141. The number of hydrogen-bond donors (Lipinski definition) is 0. The molecule has 0 aliphatic rings. The van der Waals surface area contributed by atoms with Gasteiger partial charge in [-0.2, -0.15) is 0 Å². The molecule has 0 radical (unpaired) electrons. The predicted molar refractivity (Wildman–Crippen MR) is 40.8 cm³/mol. The smallest absolute Gasteiger partial charge is 0.325 e. The van der Waals surface area contributed by atoms with Crippen molar-refractivity contribution in [3.63, 3.8) is 0 Å². The monoisotopic (exact) mass is 170 g/mol. The molecular weight excluding hydrogens is 160 g/mol. The molecule has 1 aromatic rings. The highest BCUT2D eigenvalue weighted by atomic mass is 16.5. The lowest BCUT2D eigenvalue weighted by atomic mass is 10.6. The first-order chi connectivity index (χ1) is 5.76. The molecule has 12 heavy (non-hydrogen) atoms. The van der Waals surface area contributed by atoms with Crippen molar-refractivity contribution < 1.29 is 14.3 Å². The summed E-state index contributed by atoms with van der Waals surface area (Å²) in [6, 6.07) is 0. The first kappa shape index (κ1) is 8.58. The molecule has 1 heterocycles. The molecular formula is C7H10N2O3. The summed E-state index contributed by atoms with van der Waals surface area (Å²) in [5, 5.41) is 0. The Morgan fingerprint density at radius 2 is 2.42 bits per heavy atom. The van der Waals surface area contributed by atoms with Gasteiger partial charge in [-0.25, -0.2) is 4.98 Å². The van der Waals surface area contributed by atoms with Crippen LogP contribution in [0.3, 0.4) is 0 Å². The van der Waals surface area contributed by atoms with Gasteiger partial charge in [-0.15, -0.1) is 0 Å². The van der Waals surface area contributed by atoms with Gasteiger partial charge in [-0.05, 0) is 0 Å². The molecule has 0 aromatic carbocycles. The summed E-state index contributed by atoms with van der Waals surface area (Å²) in [5.41, 5.74) is 0. The number of nitrogens with zero attached hydrogens (tertiary/aromatic N) is 2. The molecule has 66 valence electrons. The molecule has 0 aliphatic carbocycles. The lowest BCUT2D eigenvalue weighted by Crippen LogP contribution is -2.09. The summed E-state index contributed by atoms with van der Waals surface area (Å²) in [4.78, 5) is 14.6. The minimum Gasteiger partial charge on any atom is -0.480 e. The molecule has 0 atom stereocenters. The highest BCUT2D eigenvalue weighted by molar-refractivity contribution is 5.68. The summed E-state index contributed by atoms with van der Waals surface area (Å²) in [5.74, 6) is 0.175. The maximum absolute atomic E-state index is 10.8. The summed E-state index contributed by atoms with van der Waals surface area (Å²) in [7, 11) is 2.86. The van der Waals surface area contributed by atoms with Crippen molar-refractivity contribution >= 4 is 5.97 Å². The first-order valence-electron chi connectivity index (χ1n) is 3.39. The van der Waals surface area contributed by atoms with Crippen LogP contribution < -0.4 is 4.74 Å². The van der Waals surface area contributed by atoms with Crippen LogP contribution in [-0.4, -0.2) is 29.7 Å². The largest absolute Gasteiger partial charge is 0.480 e. The predicted octanol–water partition coefficient (Wildman–Crippen LogP) is 0.0647. The van der Waals surface area contributed by atoms with E-state index in [1.807, 2.05) is 0 Å². The van der Waals surface area contributed by atoms with E-state index in [0.29, 0.717) is 5.88 Å². The average Bonchev–Trinajstić information content (AvgIpc) is 2.52. The number of ether oxygens (including phenoxy) is 2. The number of methoxy groups -OCH3 is 2. The Kier molecular flexibility index (Phi) is 2.68.